The predicted molar refractivity (Wildman–Crippen MR) is 45.3 cm³/mol. The zero-order valence-corrected chi connectivity index (χ0v) is 7.60. The Balaban J connectivity index is 2.24. The third-order valence-corrected chi connectivity index (χ3v) is 1.65. The van der Waals surface area contributed by atoms with Crippen LogP contribution in [0.15, 0.2) is 15.1 Å². The molecule has 0 aliphatic carbocycles. The summed E-state index contributed by atoms with van der Waals surface area (Å²) in [5.74, 6) is 1.45. The molecule has 0 atom stereocenters. The molecule has 1 N–H and O–H groups in total. The fourth-order valence-electron chi connectivity index (χ4n) is 1.03. The zero-order valence-electron chi connectivity index (χ0n) is 7.60. The van der Waals surface area contributed by atoms with Crippen molar-refractivity contribution in [3.63, 3.8) is 0 Å². The Morgan fingerprint density at radius 2 is 2.21 bits per heavy atom. The Labute approximate surface area is 79.5 Å². The molecule has 2 heterocycles. The fraction of sp³-hybridized carbons (Fsp3) is 0.375. The maximum Gasteiger partial charge on any atom is 0.280 e. The van der Waals surface area contributed by atoms with Gasteiger partial charge in [-0.3, -0.25) is 0 Å². The highest BCUT2D eigenvalue weighted by Gasteiger charge is 2.11. The van der Waals surface area contributed by atoms with Crippen LogP contribution in [0.2, 0.25) is 0 Å². The van der Waals surface area contributed by atoms with Gasteiger partial charge in [-0.2, -0.15) is 4.98 Å². The number of nitrogens with zero attached hydrogens (tertiary/aromatic N) is 3. The number of aryl methyl sites for hydroxylation is 1. The Hall–Kier alpha value is -1.69. The molecule has 0 aliphatic heterocycles. The van der Waals surface area contributed by atoms with Crippen LogP contribution in [0, 0.1) is 6.92 Å². The first-order valence-electron chi connectivity index (χ1n) is 4.16. The molecule has 6 heteroatoms. The molecular formula is C8H9N3O3. The molecule has 0 saturated heterocycles. The van der Waals surface area contributed by atoms with Crippen LogP contribution in [-0.2, 0) is 6.42 Å². The van der Waals surface area contributed by atoms with E-state index in [9.17, 15) is 0 Å². The maximum atomic E-state index is 8.65. The highest BCUT2D eigenvalue weighted by molar-refractivity contribution is 5.45. The SMILES string of the molecule is Cc1cc(-c2nc(CCO)no2)no1. The second kappa shape index (κ2) is 3.59. The molecule has 0 fully saturated rings. The predicted octanol–water partition coefficient (Wildman–Crippen LogP) is 0.568. The fourth-order valence-corrected chi connectivity index (χ4v) is 1.03. The van der Waals surface area contributed by atoms with Crippen LogP contribution in [0.4, 0.5) is 0 Å². The van der Waals surface area contributed by atoms with Gasteiger partial charge in [-0.15, -0.1) is 0 Å². The summed E-state index contributed by atoms with van der Waals surface area (Å²) in [6, 6.07) is 1.70. The van der Waals surface area contributed by atoms with Gasteiger partial charge in [0.25, 0.3) is 5.89 Å². The van der Waals surface area contributed by atoms with E-state index in [0.29, 0.717) is 29.6 Å². The third-order valence-electron chi connectivity index (χ3n) is 1.65. The lowest BCUT2D eigenvalue weighted by Crippen LogP contribution is -1.92. The van der Waals surface area contributed by atoms with E-state index in [-0.39, 0.29) is 6.61 Å². The van der Waals surface area contributed by atoms with Crippen molar-refractivity contribution in [2.45, 2.75) is 13.3 Å². The molecule has 2 rings (SSSR count). The summed E-state index contributed by atoms with van der Waals surface area (Å²) in [7, 11) is 0. The van der Waals surface area contributed by atoms with Gasteiger partial charge < -0.3 is 14.2 Å². The lowest BCUT2D eigenvalue weighted by Gasteiger charge is -1.82. The normalized spacial score (nSPS) is 10.7. The molecule has 0 aromatic carbocycles. The van der Waals surface area contributed by atoms with Crippen molar-refractivity contribution < 1.29 is 14.2 Å². The first-order valence-corrected chi connectivity index (χ1v) is 4.16. The molecule has 0 radical (unpaired) electrons. The van der Waals surface area contributed by atoms with Gasteiger partial charge in [0, 0.05) is 12.5 Å². The highest BCUT2D eigenvalue weighted by Crippen LogP contribution is 2.16. The van der Waals surface area contributed by atoms with Crippen molar-refractivity contribution in [3.8, 4) is 11.6 Å². The summed E-state index contributed by atoms with van der Waals surface area (Å²) < 4.78 is 9.78. The lowest BCUT2D eigenvalue weighted by molar-refractivity contribution is 0.293. The molecule has 0 saturated carbocycles. The topological polar surface area (TPSA) is 85.2 Å². The van der Waals surface area contributed by atoms with Gasteiger partial charge in [-0.25, -0.2) is 0 Å². The van der Waals surface area contributed by atoms with E-state index < -0.39 is 0 Å². The minimum atomic E-state index is -0.00316. The van der Waals surface area contributed by atoms with Gasteiger partial charge in [-0.05, 0) is 6.92 Å². The highest BCUT2D eigenvalue weighted by atomic mass is 16.5. The summed E-state index contributed by atoms with van der Waals surface area (Å²) in [5, 5.41) is 16.0. The summed E-state index contributed by atoms with van der Waals surface area (Å²) in [6.45, 7) is 1.78. The quantitative estimate of drug-likeness (QED) is 0.770. The lowest BCUT2D eigenvalue weighted by atomic mass is 10.4. The Morgan fingerprint density at radius 3 is 2.86 bits per heavy atom. The molecule has 0 spiro atoms. The van der Waals surface area contributed by atoms with Crippen molar-refractivity contribution >= 4 is 0 Å². The number of hydrogen-bond acceptors (Lipinski definition) is 6. The van der Waals surface area contributed by atoms with Crippen LogP contribution >= 0.6 is 0 Å². The average molecular weight is 195 g/mol. The molecule has 14 heavy (non-hydrogen) atoms. The minimum absolute atomic E-state index is 0.00316. The van der Waals surface area contributed by atoms with E-state index in [1.54, 1.807) is 13.0 Å². The molecule has 0 amide bonds. The largest absolute Gasteiger partial charge is 0.396 e. The number of aliphatic hydroxyl groups is 1. The molecule has 6 nitrogen and oxygen atoms in total. The first-order chi connectivity index (χ1) is 6.79. The maximum absolute atomic E-state index is 8.65. The molecule has 2 aromatic rings. The van der Waals surface area contributed by atoms with Gasteiger partial charge in [0.15, 0.2) is 11.5 Å². The van der Waals surface area contributed by atoms with Crippen LogP contribution in [0.1, 0.15) is 11.6 Å². The molecule has 2 aromatic heterocycles. The van der Waals surface area contributed by atoms with Crippen molar-refractivity contribution in [2.24, 2.45) is 0 Å². The second-order valence-corrected chi connectivity index (χ2v) is 2.81. The van der Waals surface area contributed by atoms with E-state index in [2.05, 4.69) is 15.3 Å². The number of aromatic nitrogens is 3. The molecule has 0 unspecified atom stereocenters. The molecular weight excluding hydrogens is 186 g/mol. The molecule has 74 valence electrons. The Morgan fingerprint density at radius 1 is 1.36 bits per heavy atom. The summed E-state index contributed by atoms with van der Waals surface area (Å²) >= 11 is 0. The van der Waals surface area contributed by atoms with Gasteiger partial charge in [0.05, 0.1) is 6.61 Å². The number of rotatable bonds is 3. The minimum Gasteiger partial charge on any atom is -0.396 e. The van der Waals surface area contributed by atoms with Crippen LogP contribution in [0.3, 0.4) is 0 Å². The van der Waals surface area contributed by atoms with Crippen LogP contribution in [-0.4, -0.2) is 27.0 Å². The monoisotopic (exact) mass is 195 g/mol. The number of hydrogen-bond donors (Lipinski definition) is 1. The summed E-state index contributed by atoms with van der Waals surface area (Å²) in [6.07, 6.45) is 0.375. The van der Waals surface area contributed by atoms with Crippen LogP contribution in [0.5, 0.6) is 0 Å². The van der Waals surface area contributed by atoms with Crippen molar-refractivity contribution in [2.75, 3.05) is 6.61 Å². The van der Waals surface area contributed by atoms with Gasteiger partial charge >= 0.3 is 0 Å². The second-order valence-electron chi connectivity index (χ2n) is 2.81. The molecule has 0 aliphatic rings. The van der Waals surface area contributed by atoms with Crippen molar-refractivity contribution in [1.29, 1.82) is 0 Å². The third kappa shape index (κ3) is 1.64. The standard InChI is InChI=1S/C8H9N3O3/c1-5-4-6(10-13-5)8-9-7(2-3-12)11-14-8/h4,12H,2-3H2,1H3. The number of aliphatic hydroxyl groups excluding tert-OH is 1. The van der Waals surface area contributed by atoms with Crippen LogP contribution in [0.25, 0.3) is 11.6 Å². The van der Waals surface area contributed by atoms with Crippen molar-refractivity contribution in [1.82, 2.24) is 15.3 Å². The van der Waals surface area contributed by atoms with E-state index in [1.807, 2.05) is 0 Å². The smallest absolute Gasteiger partial charge is 0.280 e. The van der Waals surface area contributed by atoms with E-state index in [1.165, 1.54) is 0 Å². The van der Waals surface area contributed by atoms with Gasteiger partial charge in [0.2, 0.25) is 0 Å². The van der Waals surface area contributed by atoms with E-state index in [4.69, 9.17) is 14.2 Å². The Bertz CT molecular complexity index is 421. The summed E-state index contributed by atoms with van der Waals surface area (Å²) in [5.41, 5.74) is 0.513. The van der Waals surface area contributed by atoms with Crippen molar-refractivity contribution in [3.05, 3.63) is 17.7 Å². The Kier molecular flexibility index (Phi) is 2.28. The summed E-state index contributed by atoms with van der Waals surface area (Å²) in [4.78, 5) is 4.02. The van der Waals surface area contributed by atoms with Crippen LogP contribution < -0.4 is 0 Å². The van der Waals surface area contributed by atoms with Gasteiger partial charge in [-0.1, -0.05) is 10.3 Å². The van der Waals surface area contributed by atoms with E-state index in [0.717, 1.165) is 0 Å². The first kappa shape index (κ1) is 8.89. The van der Waals surface area contributed by atoms with E-state index >= 15 is 0 Å². The molecule has 0 bridgehead atoms. The average Bonchev–Trinajstić information content (AvgIpc) is 2.74. The van der Waals surface area contributed by atoms with Gasteiger partial charge in [0.1, 0.15) is 5.76 Å². The zero-order chi connectivity index (χ0) is 9.97.